The molecule has 0 unspecified atom stereocenters. The van der Waals surface area contributed by atoms with E-state index in [-0.39, 0.29) is 16.4 Å². The van der Waals surface area contributed by atoms with Gasteiger partial charge in [-0.05, 0) is 30.3 Å². The molecule has 3 rings (SSSR count). The fourth-order valence-corrected chi connectivity index (χ4v) is 3.13. The fourth-order valence-electron chi connectivity index (χ4n) is 2.98. The largest absolute Gasteiger partial charge is 0.573 e. The second-order valence-electron chi connectivity index (χ2n) is 7.13. The van der Waals surface area contributed by atoms with Crippen LogP contribution < -0.4 is 25.3 Å². The number of rotatable bonds is 7. The van der Waals surface area contributed by atoms with Gasteiger partial charge in [-0.3, -0.25) is 9.59 Å². The molecule has 2 aromatic carbocycles. The zero-order valence-corrected chi connectivity index (χ0v) is 19.4. The van der Waals surface area contributed by atoms with Crippen molar-refractivity contribution in [1.29, 1.82) is 0 Å². The predicted octanol–water partition coefficient (Wildman–Crippen LogP) is 5.94. The summed E-state index contributed by atoms with van der Waals surface area (Å²) in [6.07, 6.45) is -9.36. The van der Waals surface area contributed by atoms with E-state index in [4.69, 9.17) is 26.8 Å². The zero-order valence-electron chi connectivity index (χ0n) is 18.6. The van der Waals surface area contributed by atoms with Gasteiger partial charge in [-0.1, -0.05) is 11.6 Å². The summed E-state index contributed by atoms with van der Waals surface area (Å²) in [4.78, 5) is 27.9. The second-order valence-corrected chi connectivity index (χ2v) is 7.54. The van der Waals surface area contributed by atoms with Crippen LogP contribution in [0.2, 0.25) is 5.02 Å². The molecule has 0 aliphatic carbocycles. The van der Waals surface area contributed by atoms with Crippen molar-refractivity contribution in [2.24, 2.45) is 5.73 Å². The number of amides is 2. The summed E-state index contributed by atoms with van der Waals surface area (Å²) in [5, 5.41) is 1.77. The molecule has 16 heteroatoms. The number of anilines is 1. The standard InChI is InChI=1S/C22H13ClF7N3O5/c1-36-16-6-9(38-22(28,29)30)2-4-14(16)37-15-5-3-10(21(25,26)27)18(24)17(15)20(35)33-12-7-13(19(31)34)32-8-11(12)23/h2-8H,1H3,(H2,31,34)(H,32,33,35). The van der Waals surface area contributed by atoms with Gasteiger partial charge in [0.1, 0.15) is 22.8 Å². The maximum atomic E-state index is 15.1. The molecule has 1 heterocycles. The number of methoxy groups -OCH3 is 1. The lowest BCUT2D eigenvalue weighted by Gasteiger charge is -2.18. The molecule has 0 atom stereocenters. The first-order chi connectivity index (χ1) is 17.6. The van der Waals surface area contributed by atoms with Gasteiger partial charge in [0.2, 0.25) is 0 Å². The van der Waals surface area contributed by atoms with E-state index >= 15 is 4.39 Å². The van der Waals surface area contributed by atoms with Crippen LogP contribution >= 0.6 is 11.6 Å². The van der Waals surface area contributed by atoms with Gasteiger partial charge in [-0.2, -0.15) is 13.2 Å². The number of hydrogen-bond acceptors (Lipinski definition) is 6. The molecule has 0 aliphatic rings. The van der Waals surface area contributed by atoms with Crippen LogP contribution in [-0.2, 0) is 6.18 Å². The van der Waals surface area contributed by atoms with Crippen LogP contribution in [0.25, 0.3) is 0 Å². The van der Waals surface area contributed by atoms with E-state index in [0.717, 1.165) is 37.6 Å². The number of primary amides is 1. The molecule has 8 nitrogen and oxygen atoms in total. The number of nitrogens with one attached hydrogen (secondary N) is 1. The van der Waals surface area contributed by atoms with E-state index in [1.807, 2.05) is 5.32 Å². The van der Waals surface area contributed by atoms with Gasteiger partial charge in [0.25, 0.3) is 11.8 Å². The van der Waals surface area contributed by atoms with Crippen LogP contribution in [0.1, 0.15) is 26.4 Å². The van der Waals surface area contributed by atoms with Gasteiger partial charge in [0.05, 0.1) is 23.4 Å². The van der Waals surface area contributed by atoms with Crippen LogP contribution in [-0.4, -0.2) is 30.3 Å². The lowest BCUT2D eigenvalue weighted by Crippen LogP contribution is -2.20. The minimum atomic E-state index is -5.22. The lowest BCUT2D eigenvalue weighted by molar-refractivity contribution is -0.274. The van der Waals surface area contributed by atoms with Crippen molar-refractivity contribution in [2.75, 3.05) is 12.4 Å². The SMILES string of the molecule is COc1cc(OC(F)(F)F)ccc1Oc1ccc(C(F)(F)F)c(F)c1C(=O)Nc1cc(C(N)=O)ncc1Cl. The van der Waals surface area contributed by atoms with E-state index in [2.05, 4.69) is 9.72 Å². The van der Waals surface area contributed by atoms with Gasteiger partial charge in [0, 0.05) is 12.3 Å². The van der Waals surface area contributed by atoms with E-state index in [1.165, 1.54) is 0 Å². The highest BCUT2D eigenvalue weighted by atomic mass is 35.5. The van der Waals surface area contributed by atoms with Crippen LogP contribution in [0.15, 0.2) is 42.6 Å². The van der Waals surface area contributed by atoms with Crippen molar-refractivity contribution in [3.8, 4) is 23.0 Å². The quantitative estimate of drug-likeness (QED) is 0.342. The third-order valence-electron chi connectivity index (χ3n) is 4.58. The molecule has 0 fully saturated rings. The summed E-state index contributed by atoms with van der Waals surface area (Å²) in [5.74, 6) is -6.88. The molecule has 0 bridgehead atoms. The number of ether oxygens (including phenoxy) is 3. The van der Waals surface area contributed by atoms with Gasteiger partial charge in [0.15, 0.2) is 17.3 Å². The molecule has 0 saturated carbocycles. The number of carbonyl (C=O) groups is 2. The number of halogens is 8. The Labute approximate surface area is 213 Å². The molecular weight excluding hydrogens is 555 g/mol. The molecule has 38 heavy (non-hydrogen) atoms. The summed E-state index contributed by atoms with van der Waals surface area (Å²) in [6, 6.07) is 4.22. The van der Waals surface area contributed by atoms with Crippen molar-refractivity contribution in [3.05, 3.63) is 70.3 Å². The summed E-state index contributed by atoms with van der Waals surface area (Å²) in [5.41, 5.74) is 1.29. The van der Waals surface area contributed by atoms with Crippen LogP contribution in [0.4, 0.5) is 36.4 Å². The third kappa shape index (κ3) is 6.53. The normalized spacial score (nSPS) is 11.6. The minimum Gasteiger partial charge on any atom is -0.493 e. The Morgan fingerprint density at radius 2 is 1.66 bits per heavy atom. The Bertz CT molecular complexity index is 1400. The Morgan fingerprint density at radius 3 is 2.24 bits per heavy atom. The number of alkyl halides is 6. The zero-order chi connectivity index (χ0) is 28.4. The average Bonchev–Trinajstić information content (AvgIpc) is 2.79. The van der Waals surface area contributed by atoms with E-state index < -0.39 is 64.3 Å². The highest BCUT2D eigenvalue weighted by Crippen LogP contribution is 2.41. The van der Waals surface area contributed by atoms with Crippen LogP contribution in [0.5, 0.6) is 23.0 Å². The monoisotopic (exact) mass is 567 g/mol. The maximum absolute atomic E-state index is 15.1. The smallest absolute Gasteiger partial charge is 0.493 e. The second kappa shape index (κ2) is 10.6. The van der Waals surface area contributed by atoms with Crippen molar-refractivity contribution in [2.45, 2.75) is 12.5 Å². The average molecular weight is 568 g/mol. The lowest BCUT2D eigenvalue weighted by atomic mass is 10.1. The molecule has 2 amide bonds. The van der Waals surface area contributed by atoms with Crippen molar-refractivity contribution in [1.82, 2.24) is 4.98 Å². The van der Waals surface area contributed by atoms with Gasteiger partial charge >= 0.3 is 12.5 Å². The van der Waals surface area contributed by atoms with E-state index in [0.29, 0.717) is 12.1 Å². The number of benzene rings is 2. The maximum Gasteiger partial charge on any atom is 0.573 e. The van der Waals surface area contributed by atoms with Crippen LogP contribution in [0.3, 0.4) is 0 Å². The topological polar surface area (TPSA) is 113 Å². The van der Waals surface area contributed by atoms with Crippen molar-refractivity contribution >= 4 is 29.1 Å². The van der Waals surface area contributed by atoms with E-state index in [9.17, 15) is 35.9 Å². The van der Waals surface area contributed by atoms with Crippen molar-refractivity contribution in [3.63, 3.8) is 0 Å². The predicted molar refractivity (Wildman–Crippen MR) is 117 cm³/mol. The first-order valence-electron chi connectivity index (χ1n) is 9.88. The Morgan fingerprint density at radius 1 is 1.00 bits per heavy atom. The number of aromatic nitrogens is 1. The summed E-state index contributed by atoms with van der Waals surface area (Å²) < 4.78 is 107. The summed E-state index contributed by atoms with van der Waals surface area (Å²) in [6.45, 7) is 0. The van der Waals surface area contributed by atoms with Crippen LogP contribution in [0, 0.1) is 5.82 Å². The number of carbonyl (C=O) groups excluding carboxylic acids is 2. The molecule has 1 aromatic heterocycles. The summed E-state index contributed by atoms with van der Waals surface area (Å²) >= 11 is 5.90. The summed E-state index contributed by atoms with van der Waals surface area (Å²) in [7, 11) is 1.03. The van der Waals surface area contributed by atoms with E-state index in [1.54, 1.807) is 0 Å². The number of hydrogen-bond donors (Lipinski definition) is 2. The molecule has 0 saturated heterocycles. The molecule has 3 N–H and O–H groups in total. The fraction of sp³-hybridized carbons (Fsp3) is 0.136. The molecule has 0 aliphatic heterocycles. The number of nitrogens with zero attached hydrogens (tertiary/aromatic N) is 1. The molecular formula is C22H13ClF7N3O5. The van der Waals surface area contributed by atoms with Gasteiger partial charge in [-0.25, -0.2) is 9.37 Å². The Hall–Kier alpha value is -4.27. The van der Waals surface area contributed by atoms with Gasteiger partial charge in [-0.15, -0.1) is 13.2 Å². The molecule has 3 aromatic rings. The molecule has 0 spiro atoms. The van der Waals surface area contributed by atoms with Crippen molar-refractivity contribution < 1.29 is 54.5 Å². The first kappa shape index (κ1) is 28.3. The highest BCUT2D eigenvalue weighted by molar-refractivity contribution is 6.34. The third-order valence-corrected chi connectivity index (χ3v) is 4.88. The molecule has 0 radical (unpaired) electrons. The number of pyridine rings is 1. The minimum absolute atomic E-state index is 0.278. The number of nitrogens with two attached hydrogens (primary N) is 1. The Kier molecular flexibility index (Phi) is 7.90. The molecule has 202 valence electrons. The highest BCUT2D eigenvalue weighted by Gasteiger charge is 2.38. The van der Waals surface area contributed by atoms with Gasteiger partial charge < -0.3 is 25.3 Å². The Balaban J connectivity index is 2.08. The first-order valence-corrected chi connectivity index (χ1v) is 10.3.